The predicted molar refractivity (Wildman–Crippen MR) is 66.6 cm³/mol. The van der Waals surface area contributed by atoms with Crippen molar-refractivity contribution in [2.24, 2.45) is 0 Å². The van der Waals surface area contributed by atoms with E-state index in [2.05, 4.69) is 6.08 Å². The van der Waals surface area contributed by atoms with Crippen molar-refractivity contribution >= 4 is 5.97 Å². The number of allylic oxidation sites excluding steroid dienone is 1. The third-order valence-corrected chi connectivity index (χ3v) is 4.57. The Bertz CT molecular complexity index is 430. The van der Waals surface area contributed by atoms with Gasteiger partial charge in [-0.15, -0.1) is 0 Å². The average molecular weight is 250 g/mol. The van der Waals surface area contributed by atoms with Crippen LogP contribution in [0.4, 0.5) is 0 Å². The van der Waals surface area contributed by atoms with Crippen LogP contribution in [0, 0.1) is 0 Å². The highest BCUT2D eigenvalue weighted by Crippen LogP contribution is 2.43. The van der Waals surface area contributed by atoms with Crippen LogP contribution in [-0.4, -0.2) is 49.0 Å². The first-order valence-corrected chi connectivity index (χ1v) is 6.62. The number of rotatable bonds is 3. The Balaban J connectivity index is 1.64. The quantitative estimate of drug-likeness (QED) is 0.328. The summed E-state index contributed by atoms with van der Waals surface area (Å²) in [6, 6.07) is 0.448. The Labute approximate surface area is 107 Å². The van der Waals surface area contributed by atoms with Crippen LogP contribution < -0.4 is 0 Å². The Morgan fingerprint density at radius 3 is 3.17 bits per heavy atom. The van der Waals surface area contributed by atoms with Gasteiger partial charge in [0.25, 0.3) is 0 Å². The molecule has 2 fully saturated rings. The van der Waals surface area contributed by atoms with Gasteiger partial charge in [-0.2, -0.15) is 0 Å². The fourth-order valence-corrected chi connectivity index (χ4v) is 3.39. The van der Waals surface area contributed by atoms with Crippen LogP contribution in [0.5, 0.6) is 0 Å². The van der Waals surface area contributed by atoms with Gasteiger partial charge in [0, 0.05) is 17.6 Å². The fourth-order valence-electron chi connectivity index (χ4n) is 3.39. The zero-order valence-electron chi connectivity index (χ0n) is 11.0. The largest absolute Gasteiger partial charge is 0.458 e. The van der Waals surface area contributed by atoms with Crippen LogP contribution in [0.2, 0.25) is 0 Å². The smallest absolute Gasteiger partial charge is 0.333 e. The van der Waals surface area contributed by atoms with Crippen LogP contribution in [0.15, 0.2) is 23.3 Å². The molecule has 4 nitrogen and oxygen atoms in total. The van der Waals surface area contributed by atoms with Gasteiger partial charge in [0.1, 0.15) is 25.3 Å². The number of nitrogens with zero attached hydrogens (tertiary/aromatic N) is 1. The van der Waals surface area contributed by atoms with E-state index in [1.807, 2.05) is 6.92 Å². The van der Waals surface area contributed by atoms with Gasteiger partial charge in [-0.3, -0.25) is 4.48 Å². The van der Waals surface area contributed by atoms with Gasteiger partial charge in [0.05, 0.1) is 6.54 Å². The summed E-state index contributed by atoms with van der Waals surface area (Å²) in [4.78, 5) is 11.6. The summed E-state index contributed by atoms with van der Waals surface area (Å²) in [6.07, 6.45) is 5.52. The Kier molecular flexibility index (Phi) is 2.79. The van der Waals surface area contributed by atoms with Crippen LogP contribution in [-0.2, 0) is 14.3 Å². The van der Waals surface area contributed by atoms with Crippen LogP contribution in [0.3, 0.4) is 0 Å². The molecule has 1 unspecified atom stereocenters. The summed E-state index contributed by atoms with van der Waals surface area (Å²) in [6.45, 7) is 7.13. The maximum Gasteiger partial charge on any atom is 0.333 e. The number of hydrogen-bond acceptors (Lipinski definition) is 3. The monoisotopic (exact) mass is 250 g/mol. The Hall–Kier alpha value is -1.13. The molecule has 18 heavy (non-hydrogen) atoms. The summed E-state index contributed by atoms with van der Waals surface area (Å²) >= 11 is 0. The van der Waals surface area contributed by atoms with Crippen molar-refractivity contribution in [3.05, 3.63) is 23.3 Å². The highest BCUT2D eigenvalue weighted by molar-refractivity contribution is 5.87. The number of ether oxygens (including phenoxy) is 2. The Morgan fingerprint density at radius 1 is 1.67 bits per heavy atom. The molecule has 0 aliphatic carbocycles. The van der Waals surface area contributed by atoms with Crippen LogP contribution >= 0.6 is 0 Å². The summed E-state index contributed by atoms with van der Waals surface area (Å²) in [5, 5.41) is 0. The molecule has 0 aromatic rings. The molecule has 3 aliphatic heterocycles. The lowest BCUT2D eigenvalue weighted by molar-refractivity contribution is -0.926. The summed E-state index contributed by atoms with van der Waals surface area (Å²) in [7, 11) is 0. The van der Waals surface area contributed by atoms with Crippen molar-refractivity contribution in [3.63, 3.8) is 0 Å². The summed E-state index contributed by atoms with van der Waals surface area (Å²) in [5.41, 5.74) is 1.93. The minimum absolute atomic E-state index is 0.210. The number of esters is 1. The number of quaternary nitrogens is 1. The number of hydrogen-bond donors (Lipinski definition) is 0. The lowest BCUT2D eigenvalue weighted by Gasteiger charge is -2.29. The zero-order valence-corrected chi connectivity index (χ0v) is 11.0. The molecule has 0 saturated carbocycles. The predicted octanol–water partition coefficient (Wildman–Crippen LogP) is 1.38. The maximum absolute atomic E-state index is 11.6. The molecule has 3 aliphatic rings. The first-order valence-electron chi connectivity index (χ1n) is 6.62. The highest BCUT2D eigenvalue weighted by atomic mass is 16.5. The van der Waals surface area contributed by atoms with Crippen molar-refractivity contribution in [2.75, 3.05) is 26.4 Å². The molecule has 2 saturated heterocycles. The molecule has 0 spiro atoms. The van der Waals surface area contributed by atoms with E-state index in [1.54, 1.807) is 13.0 Å². The lowest BCUT2D eigenvalue weighted by Crippen LogP contribution is -2.47. The van der Waals surface area contributed by atoms with Crippen molar-refractivity contribution < 1.29 is 18.8 Å². The first-order chi connectivity index (χ1) is 8.66. The van der Waals surface area contributed by atoms with Crippen molar-refractivity contribution in [1.82, 2.24) is 0 Å². The first kappa shape index (κ1) is 11.9. The van der Waals surface area contributed by atoms with E-state index >= 15 is 0 Å². The fraction of sp³-hybridized carbons (Fsp3) is 0.643. The third kappa shape index (κ3) is 1.63. The van der Waals surface area contributed by atoms with E-state index in [0.717, 1.165) is 24.2 Å². The average Bonchev–Trinajstić information content (AvgIpc) is 3.02. The second kappa shape index (κ2) is 4.21. The standard InChI is InChI=1S/C14H20NO3/c1-3-10(2)14(16)17-8-11-4-6-15-7-5-12(13(11)15)18-9-15/h3-4,12-13H,5-9H2,1-2H3/q+1/b10-3-/t12-,13-,15?/m0/s1. The number of carbonyl (C=O) groups excluding carboxylic acids is 1. The summed E-state index contributed by atoms with van der Waals surface area (Å²) < 4.78 is 12.2. The van der Waals surface area contributed by atoms with Gasteiger partial charge < -0.3 is 9.47 Å². The van der Waals surface area contributed by atoms with E-state index in [4.69, 9.17) is 9.47 Å². The van der Waals surface area contributed by atoms with Gasteiger partial charge in [-0.25, -0.2) is 4.79 Å². The molecule has 3 rings (SSSR count). The molecule has 0 N–H and O–H groups in total. The molecular weight excluding hydrogens is 230 g/mol. The minimum atomic E-state index is -0.210. The minimum Gasteiger partial charge on any atom is -0.458 e. The number of carbonyl (C=O) groups is 1. The second-order valence-electron chi connectivity index (χ2n) is 5.52. The highest BCUT2D eigenvalue weighted by Gasteiger charge is 2.58. The third-order valence-electron chi connectivity index (χ3n) is 4.57. The van der Waals surface area contributed by atoms with E-state index in [-0.39, 0.29) is 5.97 Å². The lowest BCUT2D eigenvalue weighted by atomic mass is 10.1. The van der Waals surface area contributed by atoms with E-state index in [9.17, 15) is 4.79 Å². The molecule has 0 radical (unpaired) electrons. The molecule has 0 aromatic carbocycles. The molecule has 3 heterocycles. The molecule has 98 valence electrons. The van der Waals surface area contributed by atoms with Gasteiger partial charge in [-0.05, 0) is 19.9 Å². The van der Waals surface area contributed by atoms with Gasteiger partial charge >= 0.3 is 5.97 Å². The van der Waals surface area contributed by atoms with Crippen molar-refractivity contribution in [3.8, 4) is 0 Å². The molecule has 4 heteroatoms. The van der Waals surface area contributed by atoms with Crippen LogP contribution in [0.25, 0.3) is 0 Å². The normalized spacial score (nSPS) is 37.7. The molecule has 0 amide bonds. The molecule has 3 atom stereocenters. The van der Waals surface area contributed by atoms with Crippen molar-refractivity contribution in [2.45, 2.75) is 32.4 Å². The SMILES string of the molecule is C/C=C(/C)C(=O)OCC1=CC[N+]23CC[C@H](OC2)[C@H]13. The van der Waals surface area contributed by atoms with E-state index in [0.29, 0.717) is 24.3 Å². The molecule has 2 bridgehead atoms. The molecule has 0 aromatic heterocycles. The van der Waals surface area contributed by atoms with Gasteiger partial charge in [0.15, 0.2) is 6.73 Å². The van der Waals surface area contributed by atoms with Crippen molar-refractivity contribution in [1.29, 1.82) is 0 Å². The summed E-state index contributed by atoms with van der Waals surface area (Å²) in [5.74, 6) is -0.210. The van der Waals surface area contributed by atoms with E-state index in [1.165, 1.54) is 12.1 Å². The van der Waals surface area contributed by atoms with E-state index < -0.39 is 0 Å². The zero-order chi connectivity index (χ0) is 12.8. The topological polar surface area (TPSA) is 35.5 Å². The van der Waals surface area contributed by atoms with Gasteiger partial charge in [0.2, 0.25) is 0 Å². The molecular formula is C14H20NO3+. The van der Waals surface area contributed by atoms with Crippen LogP contribution in [0.1, 0.15) is 20.3 Å². The maximum atomic E-state index is 11.6. The van der Waals surface area contributed by atoms with Gasteiger partial charge in [-0.1, -0.05) is 6.08 Å². The Morgan fingerprint density at radius 2 is 2.50 bits per heavy atom. The second-order valence-corrected chi connectivity index (χ2v) is 5.52.